The number of hydrogen-bond donors (Lipinski definition) is 3. The van der Waals surface area contributed by atoms with E-state index >= 15 is 0 Å². The Morgan fingerprint density at radius 1 is 1.12 bits per heavy atom. The SMILES string of the molecule is COc1cccc(NC(=O)O[C@@H]2C[C@H]3C(=O)N[C@]4(C(=O)NS(=O)(=O)C5(C)CC5)C[C@H]4C=CCCCCN(C)C(=O)[C@@H]3C2)c1. The summed E-state index contributed by atoms with van der Waals surface area (Å²) in [5, 5.41) is 5.49. The molecule has 3 aliphatic carbocycles. The lowest BCUT2D eigenvalue weighted by Crippen LogP contribution is -2.55. The number of fused-ring (bicyclic) bond motifs is 2. The predicted octanol–water partition coefficient (Wildman–Crippen LogP) is 2.71. The molecule has 3 saturated carbocycles. The third-order valence-corrected chi connectivity index (χ3v) is 11.4. The van der Waals surface area contributed by atoms with Gasteiger partial charge in [-0.1, -0.05) is 18.2 Å². The van der Waals surface area contributed by atoms with Gasteiger partial charge in [-0.2, -0.15) is 0 Å². The Labute approximate surface area is 252 Å². The Morgan fingerprint density at radius 2 is 1.86 bits per heavy atom. The zero-order valence-corrected chi connectivity index (χ0v) is 25.6. The Hall–Kier alpha value is -3.61. The molecule has 1 aromatic rings. The summed E-state index contributed by atoms with van der Waals surface area (Å²) in [7, 11) is -0.713. The van der Waals surface area contributed by atoms with E-state index in [4.69, 9.17) is 9.47 Å². The lowest BCUT2D eigenvalue weighted by atomic mass is 9.93. The van der Waals surface area contributed by atoms with Gasteiger partial charge in [-0.15, -0.1) is 0 Å². The van der Waals surface area contributed by atoms with Crippen LogP contribution in [0.3, 0.4) is 0 Å². The number of carbonyl (C=O) groups is 4. The molecule has 3 N–H and O–H groups in total. The molecule has 0 radical (unpaired) electrons. The number of rotatable bonds is 6. The third kappa shape index (κ3) is 6.51. The maximum atomic E-state index is 13.8. The molecule has 0 saturated heterocycles. The Balaban J connectivity index is 1.34. The van der Waals surface area contributed by atoms with E-state index in [9.17, 15) is 27.6 Å². The summed E-state index contributed by atoms with van der Waals surface area (Å²) in [6.45, 7) is 2.11. The van der Waals surface area contributed by atoms with Crippen molar-refractivity contribution in [1.82, 2.24) is 14.9 Å². The number of allylic oxidation sites excluding steroid dienone is 1. The van der Waals surface area contributed by atoms with Crippen LogP contribution in [0.4, 0.5) is 10.5 Å². The number of amides is 4. The number of nitrogens with one attached hydrogen (secondary N) is 3. The highest BCUT2D eigenvalue weighted by Crippen LogP contribution is 2.48. The van der Waals surface area contributed by atoms with Crippen LogP contribution in [0.5, 0.6) is 5.75 Å². The number of sulfonamides is 1. The number of anilines is 1. The van der Waals surface area contributed by atoms with Crippen LogP contribution in [0, 0.1) is 17.8 Å². The molecule has 3 fully saturated rings. The van der Waals surface area contributed by atoms with Gasteiger partial charge in [0.15, 0.2) is 0 Å². The molecule has 12 nitrogen and oxygen atoms in total. The molecule has 43 heavy (non-hydrogen) atoms. The molecule has 1 aromatic carbocycles. The topological polar surface area (TPSA) is 160 Å². The number of hydrogen-bond acceptors (Lipinski definition) is 8. The molecule has 5 rings (SSSR count). The molecule has 4 aliphatic rings. The standard InChI is InChI=1S/C30H40N4O8S/c1-29(12-13-29)43(39,40)33-27(37)30-18-19(30)9-6-4-5-7-14-34(2)26(36)24-17-22(16-23(24)25(35)32-30)42-28(38)31-20-10-8-11-21(15-20)41-3/h6,8-11,15,19,22-24H,4-5,7,12-14,16-18H2,1-3H3,(H,31,38)(H,32,35)(H,33,37)/t19-,22-,23-,24-,30-/m1/s1. The molecular formula is C30H40N4O8S. The zero-order chi connectivity index (χ0) is 31.0. The van der Waals surface area contributed by atoms with Crippen LogP contribution in [0.1, 0.15) is 58.3 Å². The molecule has 1 aliphatic heterocycles. The second-order valence-electron chi connectivity index (χ2n) is 12.4. The van der Waals surface area contributed by atoms with Crippen LogP contribution in [-0.4, -0.2) is 74.2 Å². The van der Waals surface area contributed by atoms with Crippen molar-refractivity contribution < 1.29 is 37.1 Å². The van der Waals surface area contributed by atoms with E-state index in [-0.39, 0.29) is 31.1 Å². The summed E-state index contributed by atoms with van der Waals surface area (Å²) < 4.78 is 37.8. The normalized spacial score (nSPS) is 30.2. The minimum atomic E-state index is -3.92. The number of methoxy groups -OCH3 is 1. The quantitative estimate of drug-likeness (QED) is 0.412. The molecule has 0 unspecified atom stereocenters. The third-order valence-electron chi connectivity index (χ3n) is 9.22. The summed E-state index contributed by atoms with van der Waals surface area (Å²) in [4.78, 5) is 55.2. The van der Waals surface area contributed by atoms with Gasteiger partial charge in [0.1, 0.15) is 17.4 Å². The van der Waals surface area contributed by atoms with E-state index in [1.54, 1.807) is 43.1 Å². The summed E-state index contributed by atoms with van der Waals surface area (Å²) in [6, 6.07) is 6.76. The van der Waals surface area contributed by atoms with Gasteiger partial charge in [-0.05, 0) is 70.4 Å². The van der Waals surface area contributed by atoms with Crippen molar-refractivity contribution in [1.29, 1.82) is 0 Å². The highest BCUT2D eigenvalue weighted by molar-refractivity contribution is 7.91. The molecule has 1 heterocycles. The maximum Gasteiger partial charge on any atom is 0.411 e. The van der Waals surface area contributed by atoms with E-state index in [0.717, 1.165) is 19.3 Å². The first-order valence-electron chi connectivity index (χ1n) is 14.8. The summed E-state index contributed by atoms with van der Waals surface area (Å²) >= 11 is 0. The molecule has 4 amide bonds. The second-order valence-corrected chi connectivity index (χ2v) is 14.6. The van der Waals surface area contributed by atoms with Gasteiger partial charge < -0.3 is 19.7 Å². The van der Waals surface area contributed by atoms with Gasteiger partial charge in [0, 0.05) is 31.3 Å². The first-order valence-corrected chi connectivity index (χ1v) is 16.3. The molecular weight excluding hydrogens is 576 g/mol. The summed E-state index contributed by atoms with van der Waals surface area (Å²) in [5.74, 6) is -3.01. The zero-order valence-electron chi connectivity index (χ0n) is 24.8. The van der Waals surface area contributed by atoms with E-state index in [2.05, 4.69) is 15.4 Å². The monoisotopic (exact) mass is 616 g/mol. The fourth-order valence-corrected chi connectivity index (χ4v) is 7.30. The smallest absolute Gasteiger partial charge is 0.411 e. The Kier molecular flexibility index (Phi) is 8.47. The molecule has 0 bridgehead atoms. The minimum Gasteiger partial charge on any atom is -0.497 e. The Morgan fingerprint density at radius 3 is 2.58 bits per heavy atom. The average molecular weight is 617 g/mol. The maximum absolute atomic E-state index is 13.8. The lowest BCUT2D eigenvalue weighted by Gasteiger charge is -2.27. The average Bonchev–Trinajstić information content (AvgIpc) is 3.84. The van der Waals surface area contributed by atoms with E-state index in [0.29, 0.717) is 30.8 Å². The van der Waals surface area contributed by atoms with Crippen LogP contribution in [0.25, 0.3) is 0 Å². The number of nitrogens with zero attached hydrogens (tertiary/aromatic N) is 1. The number of benzene rings is 1. The van der Waals surface area contributed by atoms with Crippen LogP contribution >= 0.6 is 0 Å². The van der Waals surface area contributed by atoms with Crippen molar-refractivity contribution in [3.05, 3.63) is 36.4 Å². The van der Waals surface area contributed by atoms with Gasteiger partial charge in [0.25, 0.3) is 5.91 Å². The van der Waals surface area contributed by atoms with Gasteiger partial charge in [0.05, 0.1) is 23.7 Å². The van der Waals surface area contributed by atoms with Gasteiger partial charge >= 0.3 is 6.09 Å². The van der Waals surface area contributed by atoms with Gasteiger partial charge in [-0.3, -0.25) is 24.4 Å². The number of ether oxygens (including phenoxy) is 2. The summed E-state index contributed by atoms with van der Waals surface area (Å²) in [5.41, 5.74) is -0.969. The fraction of sp³-hybridized carbons (Fsp3) is 0.600. The van der Waals surface area contributed by atoms with Crippen molar-refractivity contribution in [2.45, 2.75) is 74.7 Å². The van der Waals surface area contributed by atoms with Crippen LogP contribution in [-0.2, 0) is 29.1 Å². The lowest BCUT2D eigenvalue weighted by molar-refractivity contribution is -0.140. The predicted molar refractivity (Wildman–Crippen MR) is 157 cm³/mol. The van der Waals surface area contributed by atoms with Crippen molar-refractivity contribution in [3.8, 4) is 5.75 Å². The van der Waals surface area contributed by atoms with Crippen LogP contribution in [0.2, 0.25) is 0 Å². The van der Waals surface area contributed by atoms with Gasteiger partial charge in [0.2, 0.25) is 21.8 Å². The largest absolute Gasteiger partial charge is 0.497 e. The van der Waals surface area contributed by atoms with E-state index in [1.165, 1.54) is 7.11 Å². The van der Waals surface area contributed by atoms with E-state index in [1.807, 2.05) is 12.2 Å². The molecule has 13 heteroatoms. The van der Waals surface area contributed by atoms with Gasteiger partial charge in [-0.25, -0.2) is 13.2 Å². The first-order chi connectivity index (χ1) is 20.4. The number of carbonyl (C=O) groups excluding carboxylic acids is 4. The van der Waals surface area contributed by atoms with Crippen molar-refractivity contribution >= 4 is 39.5 Å². The fourth-order valence-electron chi connectivity index (χ4n) is 5.99. The Bertz CT molecular complexity index is 1420. The van der Waals surface area contributed by atoms with Crippen molar-refractivity contribution in [2.75, 3.05) is 26.0 Å². The highest BCUT2D eigenvalue weighted by atomic mass is 32.2. The van der Waals surface area contributed by atoms with Crippen molar-refractivity contribution in [3.63, 3.8) is 0 Å². The molecule has 0 aromatic heterocycles. The highest BCUT2D eigenvalue weighted by Gasteiger charge is 2.63. The summed E-state index contributed by atoms with van der Waals surface area (Å²) in [6.07, 6.45) is 6.06. The molecule has 234 valence electrons. The molecule has 5 atom stereocenters. The van der Waals surface area contributed by atoms with E-state index < -0.39 is 56.2 Å². The second kappa shape index (κ2) is 11.8. The first kappa shape index (κ1) is 30.8. The van der Waals surface area contributed by atoms with Crippen LogP contribution < -0.4 is 20.1 Å². The minimum absolute atomic E-state index is 0.0795. The van der Waals surface area contributed by atoms with Crippen molar-refractivity contribution in [2.24, 2.45) is 17.8 Å². The van der Waals surface area contributed by atoms with Crippen LogP contribution in [0.15, 0.2) is 36.4 Å². The molecule has 0 spiro atoms.